The van der Waals surface area contributed by atoms with Crippen molar-refractivity contribution in [3.05, 3.63) is 35.4 Å². The van der Waals surface area contributed by atoms with Gasteiger partial charge in [-0.2, -0.15) is 0 Å². The lowest BCUT2D eigenvalue weighted by Crippen LogP contribution is -2.28. The van der Waals surface area contributed by atoms with Crippen LogP contribution in [0.1, 0.15) is 30.1 Å². The molecule has 5 heteroatoms. The van der Waals surface area contributed by atoms with Crippen molar-refractivity contribution in [2.45, 2.75) is 19.8 Å². The molecule has 0 atom stereocenters. The van der Waals surface area contributed by atoms with E-state index in [1.807, 2.05) is 0 Å². The van der Waals surface area contributed by atoms with Crippen molar-refractivity contribution in [2.24, 2.45) is 0 Å². The van der Waals surface area contributed by atoms with Crippen LogP contribution in [-0.4, -0.2) is 25.7 Å². The number of carbonyl (C=O) groups is 1. The van der Waals surface area contributed by atoms with Crippen LogP contribution in [0.25, 0.3) is 0 Å². The zero-order chi connectivity index (χ0) is 13.4. The highest BCUT2D eigenvalue weighted by Crippen LogP contribution is 2.10. The fraction of sp³-hybridized carbons (Fsp3) is 0.462. The van der Waals surface area contributed by atoms with E-state index in [4.69, 9.17) is 4.74 Å². The summed E-state index contributed by atoms with van der Waals surface area (Å²) in [7, 11) is 0. The second kappa shape index (κ2) is 7.76. The zero-order valence-electron chi connectivity index (χ0n) is 10.3. The van der Waals surface area contributed by atoms with Crippen LogP contribution < -0.4 is 5.32 Å². The predicted octanol–water partition coefficient (Wildman–Crippen LogP) is 2.51. The summed E-state index contributed by atoms with van der Waals surface area (Å²) >= 11 is 0. The molecule has 0 fully saturated rings. The molecule has 0 unspecified atom stereocenters. The fourth-order valence-corrected chi connectivity index (χ4v) is 1.36. The van der Waals surface area contributed by atoms with Crippen LogP contribution in [0.15, 0.2) is 18.2 Å². The largest absolute Gasteiger partial charge is 0.380 e. The first-order valence-electron chi connectivity index (χ1n) is 5.96. The van der Waals surface area contributed by atoms with E-state index in [2.05, 4.69) is 12.2 Å². The fourth-order valence-electron chi connectivity index (χ4n) is 1.36. The molecule has 0 radical (unpaired) electrons. The summed E-state index contributed by atoms with van der Waals surface area (Å²) in [6, 6.07) is 3.51. The highest BCUT2D eigenvalue weighted by Gasteiger charge is 2.14. The Hall–Kier alpha value is -1.49. The zero-order valence-corrected chi connectivity index (χ0v) is 10.3. The standard InChI is InChI=1S/C13H17F2NO2/c1-2-3-8-18-9-7-16-13(17)10-5-4-6-11(14)12(10)15/h4-6H,2-3,7-9H2,1H3,(H,16,17). The summed E-state index contributed by atoms with van der Waals surface area (Å²) in [6.45, 7) is 3.33. The first-order valence-corrected chi connectivity index (χ1v) is 5.96. The Labute approximate surface area is 105 Å². The number of carbonyl (C=O) groups excluding carboxylic acids is 1. The highest BCUT2D eigenvalue weighted by atomic mass is 19.2. The highest BCUT2D eigenvalue weighted by molar-refractivity contribution is 5.94. The Balaban J connectivity index is 2.35. The minimum absolute atomic E-state index is 0.276. The Morgan fingerprint density at radius 1 is 1.33 bits per heavy atom. The van der Waals surface area contributed by atoms with E-state index >= 15 is 0 Å². The Morgan fingerprint density at radius 3 is 2.83 bits per heavy atom. The van der Waals surface area contributed by atoms with Gasteiger partial charge in [-0.3, -0.25) is 4.79 Å². The Morgan fingerprint density at radius 2 is 2.11 bits per heavy atom. The molecule has 0 aromatic heterocycles. The van der Waals surface area contributed by atoms with Gasteiger partial charge in [0, 0.05) is 13.2 Å². The molecule has 1 N–H and O–H groups in total. The smallest absolute Gasteiger partial charge is 0.254 e. The second-order valence-electron chi connectivity index (χ2n) is 3.82. The molecule has 1 aromatic carbocycles. The van der Waals surface area contributed by atoms with Crippen LogP contribution in [-0.2, 0) is 4.74 Å². The average Bonchev–Trinajstić information content (AvgIpc) is 2.36. The first-order chi connectivity index (χ1) is 8.66. The number of hydrogen-bond donors (Lipinski definition) is 1. The molecule has 0 aliphatic heterocycles. The van der Waals surface area contributed by atoms with Gasteiger partial charge in [0.05, 0.1) is 12.2 Å². The molecule has 0 bridgehead atoms. The van der Waals surface area contributed by atoms with Gasteiger partial charge in [-0.1, -0.05) is 19.4 Å². The molecule has 0 saturated carbocycles. The van der Waals surface area contributed by atoms with Gasteiger partial charge in [-0.15, -0.1) is 0 Å². The predicted molar refractivity (Wildman–Crippen MR) is 64.4 cm³/mol. The molecule has 1 rings (SSSR count). The molecule has 1 amide bonds. The lowest BCUT2D eigenvalue weighted by atomic mass is 10.2. The van der Waals surface area contributed by atoms with Gasteiger partial charge < -0.3 is 10.1 Å². The third kappa shape index (κ3) is 4.41. The van der Waals surface area contributed by atoms with Gasteiger partial charge in [0.25, 0.3) is 5.91 Å². The van der Waals surface area contributed by atoms with Crippen LogP contribution in [0.2, 0.25) is 0 Å². The lowest BCUT2D eigenvalue weighted by Gasteiger charge is -2.07. The summed E-state index contributed by atoms with van der Waals surface area (Å²) in [5.41, 5.74) is -0.288. The average molecular weight is 257 g/mol. The minimum atomic E-state index is -1.12. The van der Waals surface area contributed by atoms with Crippen molar-refractivity contribution in [2.75, 3.05) is 19.8 Å². The molecule has 3 nitrogen and oxygen atoms in total. The van der Waals surface area contributed by atoms with Crippen molar-refractivity contribution in [3.8, 4) is 0 Å². The maximum atomic E-state index is 13.3. The summed E-state index contributed by atoms with van der Waals surface area (Å²) in [5, 5.41) is 2.47. The van der Waals surface area contributed by atoms with Crippen LogP contribution in [0.5, 0.6) is 0 Å². The van der Waals surface area contributed by atoms with Gasteiger partial charge in [0.1, 0.15) is 0 Å². The van der Waals surface area contributed by atoms with Gasteiger partial charge in [-0.25, -0.2) is 8.78 Å². The number of benzene rings is 1. The van der Waals surface area contributed by atoms with Gasteiger partial charge >= 0.3 is 0 Å². The molecular formula is C13H17F2NO2. The van der Waals surface area contributed by atoms with E-state index in [1.165, 1.54) is 12.1 Å². The van der Waals surface area contributed by atoms with Gasteiger partial charge in [-0.05, 0) is 18.6 Å². The maximum absolute atomic E-state index is 13.3. The van der Waals surface area contributed by atoms with Crippen LogP contribution >= 0.6 is 0 Å². The molecule has 18 heavy (non-hydrogen) atoms. The Kier molecular flexibility index (Phi) is 6.28. The number of rotatable bonds is 7. The van der Waals surface area contributed by atoms with E-state index in [0.29, 0.717) is 13.2 Å². The number of halogens is 2. The van der Waals surface area contributed by atoms with E-state index in [1.54, 1.807) is 0 Å². The Bertz CT molecular complexity index is 397. The van der Waals surface area contributed by atoms with Gasteiger partial charge in [0.2, 0.25) is 0 Å². The topological polar surface area (TPSA) is 38.3 Å². The van der Waals surface area contributed by atoms with E-state index in [0.717, 1.165) is 18.9 Å². The van der Waals surface area contributed by atoms with Crippen LogP contribution in [0, 0.1) is 11.6 Å². The summed E-state index contributed by atoms with van der Waals surface area (Å²) < 4.78 is 31.4. The van der Waals surface area contributed by atoms with E-state index in [-0.39, 0.29) is 12.1 Å². The minimum Gasteiger partial charge on any atom is -0.380 e. The molecular weight excluding hydrogens is 240 g/mol. The normalized spacial score (nSPS) is 10.4. The molecule has 0 spiro atoms. The molecule has 0 aliphatic carbocycles. The monoisotopic (exact) mass is 257 g/mol. The molecule has 1 aromatic rings. The van der Waals surface area contributed by atoms with Gasteiger partial charge in [0.15, 0.2) is 11.6 Å². The summed E-state index contributed by atoms with van der Waals surface area (Å²) in [6.07, 6.45) is 2.01. The number of amides is 1. The van der Waals surface area contributed by atoms with E-state index < -0.39 is 17.5 Å². The lowest BCUT2D eigenvalue weighted by molar-refractivity contribution is 0.0908. The summed E-state index contributed by atoms with van der Waals surface area (Å²) in [4.78, 5) is 11.5. The van der Waals surface area contributed by atoms with Crippen LogP contribution in [0.3, 0.4) is 0 Å². The molecule has 0 heterocycles. The maximum Gasteiger partial charge on any atom is 0.254 e. The number of ether oxygens (including phenoxy) is 1. The van der Waals surface area contributed by atoms with Crippen molar-refractivity contribution < 1.29 is 18.3 Å². The van der Waals surface area contributed by atoms with Crippen molar-refractivity contribution in [1.82, 2.24) is 5.32 Å². The number of nitrogens with one attached hydrogen (secondary N) is 1. The van der Waals surface area contributed by atoms with E-state index in [9.17, 15) is 13.6 Å². The SMILES string of the molecule is CCCCOCCNC(=O)c1cccc(F)c1F. The third-order valence-electron chi connectivity index (χ3n) is 2.37. The van der Waals surface area contributed by atoms with Crippen molar-refractivity contribution in [1.29, 1.82) is 0 Å². The molecule has 0 saturated heterocycles. The van der Waals surface area contributed by atoms with Crippen molar-refractivity contribution in [3.63, 3.8) is 0 Å². The summed E-state index contributed by atoms with van der Waals surface area (Å²) in [5.74, 6) is -2.78. The molecule has 100 valence electrons. The number of unbranched alkanes of at least 4 members (excludes halogenated alkanes) is 1. The molecule has 0 aliphatic rings. The third-order valence-corrected chi connectivity index (χ3v) is 2.37. The first kappa shape index (κ1) is 14.6. The quantitative estimate of drug-likeness (QED) is 0.762. The number of hydrogen-bond acceptors (Lipinski definition) is 2. The second-order valence-corrected chi connectivity index (χ2v) is 3.82. The van der Waals surface area contributed by atoms with Crippen LogP contribution in [0.4, 0.5) is 8.78 Å². The van der Waals surface area contributed by atoms with Crippen molar-refractivity contribution >= 4 is 5.91 Å².